The van der Waals surface area contributed by atoms with Crippen molar-refractivity contribution in [2.24, 2.45) is 7.05 Å². The van der Waals surface area contributed by atoms with Crippen LogP contribution in [0.25, 0.3) is 27.9 Å². The standard InChI is InChI=1S/C31H28F3N9O4/c1-42-15-19(25-26(37-16-38-28(25)42)36-14-17-4-5-18(45-2)12-22(17)46-3)21-7-6-20(27-35-10-11-43(21)27)39-29(44)40-24-13-23(47-41-24)30(8-9-30)31(32,33)34/h4-7,10-13,15-16H,8-9,14H2,1-3H3,(H,36,37,38)(H2,39,40,41,44). The largest absolute Gasteiger partial charge is 0.497 e. The van der Waals surface area contributed by atoms with E-state index in [1.807, 2.05) is 46.5 Å². The van der Waals surface area contributed by atoms with Crippen LogP contribution in [0.1, 0.15) is 24.2 Å². The number of amides is 2. The first-order valence-corrected chi connectivity index (χ1v) is 14.4. The zero-order valence-electron chi connectivity index (χ0n) is 25.3. The number of pyridine rings is 1. The van der Waals surface area contributed by atoms with Crippen LogP contribution in [-0.2, 0) is 19.0 Å². The number of carbonyl (C=O) groups is 1. The zero-order valence-corrected chi connectivity index (χ0v) is 25.3. The predicted octanol–water partition coefficient (Wildman–Crippen LogP) is 6.14. The number of anilines is 3. The van der Waals surface area contributed by atoms with Crippen molar-refractivity contribution >= 4 is 40.0 Å². The number of rotatable bonds is 9. The number of nitrogens with zero attached hydrogens (tertiary/aromatic N) is 6. The fraction of sp³-hybridized carbons (Fsp3) is 0.258. The number of aryl methyl sites for hydroxylation is 1. The highest BCUT2D eigenvalue weighted by Gasteiger charge is 2.67. The molecule has 0 unspecified atom stereocenters. The molecular weight excluding hydrogens is 619 g/mol. The average molecular weight is 648 g/mol. The first-order chi connectivity index (χ1) is 22.6. The molecule has 7 rings (SSSR count). The number of ether oxygens (including phenoxy) is 2. The van der Waals surface area contributed by atoms with E-state index in [0.717, 1.165) is 28.3 Å². The minimum atomic E-state index is -4.46. The summed E-state index contributed by atoms with van der Waals surface area (Å²) in [7, 11) is 5.08. The molecule has 0 spiro atoms. The maximum absolute atomic E-state index is 13.5. The summed E-state index contributed by atoms with van der Waals surface area (Å²) in [6, 6.07) is 9.47. The van der Waals surface area contributed by atoms with E-state index < -0.39 is 17.6 Å². The van der Waals surface area contributed by atoms with E-state index in [9.17, 15) is 18.0 Å². The van der Waals surface area contributed by atoms with Crippen molar-refractivity contribution in [2.45, 2.75) is 31.0 Å². The molecule has 0 radical (unpaired) electrons. The molecule has 2 amide bonds. The third kappa shape index (κ3) is 5.20. The lowest BCUT2D eigenvalue weighted by molar-refractivity contribution is -0.165. The lowest BCUT2D eigenvalue weighted by Gasteiger charge is -2.15. The predicted molar refractivity (Wildman–Crippen MR) is 166 cm³/mol. The van der Waals surface area contributed by atoms with Crippen LogP contribution in [0.2, 0.25) is 0 Å². The molecule has 242 valence electrons. The van der Waals surface area contributed by atoms with Gasteiger partial charge in [0.05, 0.1) is 31.0 Å². The molecule has 1 aliphatic carbocycles. The fourth-order valence-corrected chi connectivity index (χ4v) is 5.67. The van der Waals surface area contributed by atoms with Gasteiger partial charge >= 0.3 is 12.2 Å². The molecule has 47 heavy (non-hydrogen) atoms. The van der Waals surface area contributed by atoms with E-state index in [1.165, 1.54) is 6.33 Å². The number of imidazole rings is 1. The second-order valence-corrected chi connectivity index (χ2v) is 11.1. The second-order valence-electron chi connectivity index (χ2n) is 11.1. The number of alkyl halides is 3. The number of methoxy groups -OCH3 is 2. The molecule has 16 heteroatoms. The molecule has 3 N–H and O–H groups in total. The Hall–Kier alpha value is -5.80. The van der Waals surface area contributed by atoms with Gasteiger partial charge in [-0.05, 0) is 37.1 Å². The van der Waals surface area contributed by atoms with Gasteiger partial charge in [-0.25, -0.2) is 19.7 Å². The van der Waals surface area contributed by atoms with Crippen molar-refractivity contribution in [3.05, 3.63) is 72.6 Å². The molecule has 0 atom stereocenters. The van der Waals surface area contributed by atoms with Gasteiger partial charge in [0.1, 0.15) is 34.7 Å². The second kappa shape index (κ2) is 11.2. The van der Waals surface area contributed by atoms with Crippen molar-refractivity contribution in [1.29, 1.82) is 0 Å². The smallest absolute Gasteiger partial charge is 0.401 e. The highest BCUT2D eigenvalue weighted by Crippen LogP contribution is 2.59. The van der Waals surface area contributed by atoms with Crippen molar-refractivity contribution in [1.82, 2.24) is 29.1 Å². The van der Waals surface area contributed by atoms with Crippen molar-refractivity contribution in [3.8, 4) is 22.8 Å². The van der Waals surface area contributed by atoms with E-state index in [4.69, 9.17) is 14.0 Å². The maximum Gasteiger partial charge on any atom is 0.401 e. The van der Waals surface area contributed by atoms with Gasteiger partial charge in [0.2, 0.25) is 0 Å². The number of urea groups is 1. The number of fused-ring (bicyclic) bond motifs is 2. The molecule has 5 heterocycles. The number of halogens is 3. The van der Waals surface area contributed by atoms with Crippen molar-refractivity contribution < 1.29 is 32.0 Å². The molecule has 1 fully saturated rings. The van der Waals surface area contributed by atoms with Crippen LogP contribution in [0.3, 0.4) is 0 Å². The van der Waals surface area contributed by atoms with Gasteiger partial charge in [-0.3, -0.25) is 9.72 Å². The molecule has 0 aliphatic heterocycles. The van der Waals surface area contributed by atoms with Crippen LogP contribution in [0, 0.1) is 0 Å². The average Bonchev–Trinajstić information content (AvgIpc) is 3.35. The van der Waals surface area contributed by atoms with Crippen LogP contribution in [0.4, 0.5) is 35.3 Å². The molecule has 0 saturated heterocycles. The van der Waals surface area contributed by atoms with Gasteiger partial charge in [0.15, 0.2) is 17.2 Å². The number of hydrogen-bond donors (Lipinski definition) is 3. The van der Waals surface area contributed by atoms with Crippen LogP contribution < -0.4 is 25.4 Å². The zero-order chi connectivity index (χ0) is 32.9. The Balaban J connectivity index is 1.15. The number of hydrogen-bond acceptors (Lipinski definition) is 9. The first-order valence-electron chi connectivity index (χ1n) is 14.4. The molecule has 1 aromatic carbocycles. The normalized spacial score (nSPS) is 13.9. The van der Waals surface area contributed by atoms with Gasteiger partial charge in [-0.1, -0.05) is 5.16 Å². The quantitative estimate of drug-likeness (QED) is 0.169. The highest BCUT2D eigenvalue weighted by atomic mass is 19.4. The Morgan fingerprint density at radius 3 is 2.62 bits per heavy atom. The number of benzene rings is 1. The molecule has 1 saturated carbocycles. The molecule has 1 aliphatic rings. The molecule has 13 nitrogen and oxygen atoms in total. The molecule has 0 bridgehead atoms. The Morgan fingerprint density at radius 1 is 1.04 bits per heavy atom. The Labute approximate surface area is 264 Å². The van der Waals surface area contributed by atoms with E-state index >= 15 is 0 Å². The summed E-state index contributed by atoms with van der Waals surface area (Å²) in [5.74, 6) is 1.49. The van der Waals surface area contributed by atoms with Gasteiger partial charge < -0.3 is 29.2 Å². The van der Waals surface area contributed by atoms with Gasteiger partial charge in [0.25, 0.3) is 0 Å². The first kappa shape index (κ1) is 29.9. The third-order valence-electron chi connectivity index (χ3n) is 8.28. The Morgan fingerprint density at radius 2 is 1.87 bits per heavy atom. The van der Waals surface area contributed by atoms with E-state index in [1.54, 1.807) is 32.7 Å². The SMILES string of the molecule is COc1ccc(CNc2ncnc3c2c(-c2ccc(NC(=O)Nc4cc(C5(C(F)(F)F)CC5)on4)c4nccn24)cn3C)c(OC)c1. The van der Waals surface area contributed by atoms with Gasteiger partial charge in [0, 0.05) is 55.4 Å². The van der Waals surface area contributed by atoms with Crippen LogP contribution in [0.15, 0.2) is 65.8 Å². The summed E-state index contributed by atoms with van der Waals surface area (Å²) in [5.41, 5.74) is 1.89. The van der Waals surface area contributed by atoms with Crippen molar-refractivity contribution in [3.63, 3.8) is 0 Å². The number of carbonyl (C=O) groups excluding carboxylic acids is 1. The van der Waals surface area contributed by atoms with Crippen LogP contribution in [-0.4, -0.2) is 55.5 Å². The lowest BCUT2D eigenvalue weighted by Crippen LogP contribution is -2.28. The highest BCUT2D eigenvalue weighted by molar-refractivity contribution is 6.03. The minimum Gasteiger partial charge on any atom is -0.497 e. The summed E-state index contributed by atoms with van der Waals surface area (Å²) >= 11 is 0. The van der Waals surface area contributed by atoms with Crippen LogP contribution >= 0.6 is 0 Å². The number of aromatic nitrogens is 6. The Kier molecular flexibility index (Phi) is 7.13. The molecule has 6 aromatic rings. The maximum atomic E-state index is 13.5. The van der Waals surface area contributed by atoms with Crippen molar-refractivity contribution in [2.75, 3.05) is 30.2 Å². The summed E-state index contributed by atoms with van der Waals surface area (Å²) < 4.78 is 59.9. The Bertz CT molecular complexity index is 2130. The topological polar surface area (TPSA) is 146 Å². The number of nitrogens with one attached hydrogen (secondary N) is 3. The van der Waals surface area contributed by atoms with Gasteiger partial charge in [-0.15, -0.1) is 0 Å². The van der Waals surface area contributed by atoms with Gasteiger partial charge in [-0.2, -0.15) is 13.2 Å². The third-order valence-corrected chi connectivity index (χ3v) is 8.28. The lowest BCUT2D eigenvalue weighted by atomic mass is 10.0. The van der Waals surface area contributed by atoms with Crippen LogP contribution in [0.5, 0.6) is 11.5 Å². The summed E-state index contributed by atoms with van der Waals surface area (Å²) in [4.78, 5) is 26.3. The van der Waals surface area contributed by atoms with E-state index in [2.05, 4.69) is 36.1 Å². The molecular formula is C31H28F3N9O4. The minimum absolute atomic E-state index is 0.0840. The summed E-state index contributed by atoms with van der Waals surface area (Å²) in [6.07, 6.45) is 2.14. The molecule has 5 aromatic heterocycles. The van der Waals surface area contributed by atoms with E-state index in [-0.39, 0.29) is 24.4 Å². The summed E-state index contributed by atoms with van der Waals surface area (Å²) in [5, 5.41) is 12.9. The fourth-order valence-electron chi connectivity index (χ4n) is 5.67. The summed E-state index contributed by atoms with van der Waals surface area (Å²) in [6.45, 7) is 0.413. The monoisotopic (exact) mass is 647 g/mol. The van der Waals surface area contributed by atoms with E-state index in [0.29, 0.717) is 40.8 Å².